The summed E-state index contributed by atoms with van der Waals surface area (Å²) < 4.78 is 0. The molecule has 21 heavy (non-hydrogen) atoms. The number of benzene rings is 2. The van der Waals surface area contributed by atoms with Gasteiger partial charge in [-0.2, -0.15) is 5.26 Å². The van der Waals surface area contributed by atoms with Crippen molar-refractivity contribution in [3.63, 3.8) is 0 Å². The average Bonchev–Trinajstić information content (AvgIpc) is 3.27. The second-order valence-corrected chi connectivity index (χ2v) is 6.22. The number of nitriles is 1. The second kappa shape index (κ2) is 6.14. The zero-order chi connectivity index (χ0) is 14.5. The molecule has 0 aliphatic heterocycles. The third-order valence-corrected chi connectivity index (χ3v) is 4.85. The van der Waals surface area contributed by atoms with Gasteiger partial charge in [0.05, 0.1) is 12.0 Å². The monoisotopic (exact) mass is 275 g/mol. The van der Waals surface area contributed by atoms with Crippen molar-refractivity contribution in [3.05, 3.63) is 71.8 Å². The fourth-order valence-electron chi connectivity index (χ4n) is 3.28. The maximum absolute atomic E-state index is 9.29. The Balaban J connectivity index is 1.60. The van der Waals surface area contributed by atoms with Crippen LogP contribution in [0.1, 0.15) is 30.4 Å². The van der Waals surface area contributed by atoms with Crippen molar-refractivity contribution in [3.8, 4) is 6.07 Å². The lowest BCUT2D eigenvalue weighted by atomic mass is 9.88. The molecule has 1 fully saturated rings. The summed E-state index contributed by atoms with van der Waals surface area (Å²) in [5.41, 5.74) is 3.04. The molecule has 0 radical (unpaired) electrons. The van der Waals surface area contributed by atoms with E-state index in [-0.39, 0.29) is 11.3 Å². The molecule has 0 saturated heterocycles. The topological polar surface area (TPSA) is 23.8 Å². The Kier molecular flexibility index (Phi) is 4.06. The molecular weight excluding hydrogens is 254 g/mol. The Morgan fingerprint density at radius 2 is 1.33 bits per heavy atom. The molecule has 0 heterocycles. The van der Waals surface area contributed by atoms with Crippen LogP contribution in [0, 0.1) is 22.7 Å². The van der Waals surface area contributed by atoms with Gasteiger partial charge in [0.2, 0.25) is 0 Å². The van der Waals surface area contributed by atoms with Crippen LogP contribution < -0.4 is 0 Å². The minimum Gasteiger partial charge on any atom is -0.198 e. The van der Waals surface area contributed by atoms with Crippen LogP contribution in [0.15, 0.2) is 60.7 Å². The molecule has 1 atom stereocenters. The van der Waals surface area contributed by atoms with Crippen LogP contribution in [0.2, 0.25) is 0 Å². The van der Waals surface area contributed by atoms with Crippen molar-refractivity contribution in [1.29, 1.82) is 5.26 Å². The Morgan fingerprint density at radius 1 is 0.857 bits per heavy atom. The number of hydrogen-bond donors (Lipinski definition) is 0. The van der Waals surface area contributed by atoms with Gasteiger partial charge < -0.3 is 0 Å². The van der Waals surface area contributed by atoms with Crippen LogP contribution in [0.25, 0.3) is 0 Å². The van der Waals surface area contributed by atoms with Crippen LogP contribution >= 0.6 is 0 Å². The van der Waals surface area contributed by atoms with E-state index in [1.807, 2.05) is 0 Å². The molecule has 0 bridgehead atoms. The van der Waals surface area contributed by atoms with Crippen molar-refractivity contribution in [2.24, 2.45) is 11.3 Å². The highest BCUT2D eigenvalue weighted by Gasteiger charge is 2.53. The van der Waals surface area contributed by atoms with E-state index in [0.29, 0.717) is 0 Å². The maximum atomic E-state index is 9.29. The predicted molar refractivity (Wildman–Crippen MR) is 85.7 cm³/mol. The van der Waals surface area contributed by atoms with Crippen LogP contribution in [-0.2, 0) is 12.8 Å². The van der Waals surface area contributed by atoms with E-state index in [0.717, 1.165) is 32.1 Å². The molecule has 2 aromatic carbocycles. The smallest absolute Gasteiger partial charge is 0.0661 e. The van der Waals surface area contributed by atoms with Crippen molar-refractivity contribution in [2.45, 2.75) is 32.1 Å². The first-order valence-electron chi connectivity index (χ1n) is 7.80. The van der Waals surface area contributed by atoms with Gasteiger partial charge in [0.15, 0.2) is 0 Å². The standard InChI is InChI=1S/C20H21N/c21-16-19-15-20(19,13-11-17-7-3-1-4-8-17)14-12-18-9-5-2-6-10-18/h1-10,19H,11-15H2. The molecule has 1 nitrogen and oxygen atoms in total. The average molecular weight is 275 g/mol. The fraction of sp³-hybridized carbons (Fsp3) is 0.350. The lowest BCUT2D eigenvalue weighted by Gasteiger charge is -2.16. The van der Waals surface area contributed by atoms with Crippen LogP contribution in [0.3, 0.4) is 0 Å². The highest BCUT2D eigenvalue weighted by atomic mass is 14.6. The van der Waals surface area contributed by atoms with Crippen LogP contribution in [-0.4, -0.2) is 0 Å². The predicted octanol–water partition coefficient (Wildman–Crippen LogP) is 4.78. The first-order valence-corrected chi connectivity index (χ1v) is 7.80. The van der Waals surface area contributed by atoms with Crippen molar-refractivity contribution in [2.75, 3.05) is 0 Å². The molecule has 0 aromatic heterocycles. The van der Waals surface area contributed by atoms with Gasteiger partial charge in [-0.05, 0) is 48.6 Å². The van der Waals surface area contributed by atoms with E-state index >= 15 is 0 Å². The Bertz CT molecular complexity index is 566. The minimum atomic E-state index is 0.264. The van der Waals surface area contributed by atoms with E-state index in [1.165, 1.54) is 11.1 Å². The first-order chi connectivity index (χ1) is 10.3. The highest BCUT2D eigenvalue weighted by molar-refractivity contribution is 5.20. The van der Waals surface area contributed by atoms with Gasteiger partial charge in [-0.25, -0.2) is 0 Å². The molecule has 3 rings (SSSR count). The summed E-state index contributed by atoms with van der Waals surface area (Å²) in [5.74, 6) is 0.268. The van der Waals surface area contributed by atoms with E-state index in [4.69, 9.17) is 0 Å². The first kappa shape index (κ1) is 13.9. The van der Waals surface area contributed by atoms with Gasteiger partial charge in [-0.15, -0.1) is 0 Å². The summed E-state index contributed by atoms with van der Waals surface area (Å²) in [7, 11) is 0. The van der Waals surface area contributed by atoms with Crippen molar-refractivity contribution >= 4 is 0 Å². The van der Waals surface area contributed by atoms with E-state index in [2.05, 4.69) is 66.7 Å². The third kappa shape index (κ3) is 3.34. The Morgan fingerprint density at radius 3 is 1.71 bits per heavy atom. The largest absolute Gasteiger partial charge is 0.198 e. The molecule has 1 aliphatic carbocycles. The quantitative estimate of drug-likeness (QED) is 0.744. The third-order valence-electron chi connectivity index (χ3n) is 4.85. The Labute approximate surface area is 127 Å². The van der Waals surface area contributed by atoms with Gasteiger partial charge in [-0.1, -0.05) is 60.7 Å². The minimum absolute atomic E-state index is 0.264. The second-order valence-electron chi connectivity index (χ2n) is 6.22. The molecule has 1 aliphatic rings. The van der Waals surface area contributed by atoms with Crippen molar-refractivity contribution < 1.29 is 0 Å². The molecule has 1 heteroatoms. The molecule has 2 aromatic rings. The Hall–Kier alpha value is -2.07. The normalized spacial score (nSPS) is 18.9. The van der Waals surface area contributed by atoms with Crippen LogP contribution in [0.4, 0.5) is 0 Å². The molecular formula is C20H21N. The van der Waals surface area contributed by atoms with Gasteiger partial charge in [-0.3, -0.25) is 0 Å². The molecule has 0 N–H and O–H groups in total. The maximum Gasteiger partial charge on any atom is 0.0661 e. The van der Waals surface area contributed by atoms with Gasteiger partial charge in [0.1, 0.15) is 0 Å². The summed E-state index contributed by atoms with van der Waals surface area (Å²) in [6.45, 7) is 0. The van der Waals surface area contributed by atoms with E-state index in [1.54, 1.807) is 0 Å². The zero-order valence-corrected chi connectivity index (χ0v) is 12.3. The van der Waals surface area contributed by atoms with Gasteiger partial charge in [0, 0.05) is 0 Å². The van der Waals surface area contributed by atoms with Crippen molar-refractivity contribution in [1.82, 2.24) is 0 Å². The van der Waals surface area contributed by atoms with Gasteiger partial charge in [0.25, 0.3) is 0 Å². The summed E-state index contributed by atoms with van der Waals surface area (Å²) >= 11 is 0. The summed E-state index contributed by atoms with van der Waals surface area (Å²) in [5, 5.41) is 9.29. The fourth-order valence-corrected chi connectivity index (χ4v) is 3.28. The lowest BCUT2D eigenvalue weighted by molar-refractivity contribution is 0.408. The summed E-state index contributed by atoms with van der Waals surface area (Å²) in [4.78, 5) is 0. The zero-order valence-electron chi connectivity index (χ0n) is 12.3. The molecule has 1 saturated carbocycles. The molecule has 0 spiro atoms. The number of hydrogen-bond acceptors (Lipinski definition) is 1. The SMILES string of the molecule is N#CC1CC1(CCc1ccccc1)CCc1ccccc1. The molecule has 106 valence electrons. The number of nitrogens with zero attached hydrogens (tertiary/aromatic N) is 1. The molecule has 1 unspecified atom stereocenters. The summed E-state index contributed by atoms with van der Waals surface area (Å²) in [6, 6.07) is 23.8. The number of rotatable bonds is 6. The van der Waals surface area contributed by atoms with Crippen LogP contribution in [0.5, 0.6) is 0 Å². The highest BCUT2D eigenvalue weighted by Crippen LogP contribution is 2.58. The summed E-state index contributed by atoms with van der Waals surface area (Å²) in [6.07, 6.45) is 5.55. The molecule has 0 amide bonds. The van der Waals surface area contributed by atoms with Gasteiger partial charge >= 0.3 is 0 Å². The lowest BCUT2D eigenvalue weighted by Crippen LogP contribution is -2.07. The van der Waals surface area contributed by atoms with E-state index < -0.39 is 0 Å². The number of aryl methyl sites for hydroxylation is 2. The van der Waals surface area contributed by atoms with E-state index in [9.17, 15) is 5.26 Å².